The summed E-state index contributed by atoms with van der Waals surface area (Å²) in [6, 6.07) is 9.83. The van der Waals surface area contributed by atoms with Gasteiger partial charge in [0.25, 0.3) is 0 Å². The van der Waals surface area contributed by atoms with Gasteiger partial charge in [-0.3, -0.25) is 9.78 Å². The molecule has 0 aliphatic heterocycles. The van der Waals surface area contributed by atoms with Crippen LogP contribution in [0.1, 0.15) is 36.6 Å². The van der Waals surface area contributed by atoms with Crippen LogP contribution in [0, 0.1) is 5.82 Å². The van der Waals surface area contributed by atoms with Crippen molar-refractivity contribution in [2.45, 2.75) is 38.1 Å². The Hall–Kier alpha value is -3.35. The largest absolute Gasteiger partial charge is 0.351 e. The Kier molecular flexibility index (Phi) is 5.20. The first-order chi connectivity index (χ1) is 14.0. The maximum atomic E-state index is 13.1. The molecule has 148 valence electrons. The minimum Gasteiger partial charge on any atom is -0.351 e. The van der Waals surface area contributed by atoms with Gasteiger partial charge in [0.15, 0.2) is 0 Å². The predicted molar refractivity (Wildman–Crippen MR) is 108 cm³/mol. The van der Waals surface area contributed by atoms with Crippen molar-refractivity contribution >= 4 is 17.5 Å². The van der Waals surface area contributed by atoms with E-state index in [1.165, 1.54) is 12.1 Å². The van der Waals surface area contributed by atoms with E-state index in [1.807, 2.05) is 19.1 Å². The first kappa shape index (κ1) is 19.0. The number of carbonyl (C=O) groups excluding carboxylic acids is 1. The summed E-state index contributed by atoms with van der Waals surface area (Å²) in [6.07, 6.45) is 7.64. The van der Waals surface area contributed by atoms with Crippen molar-refractivity contribution in [1.29, 1.82) is 0 Å². The van der Waals surface area contributed by atoms with Crippen molar-refractivity contribution in [1.82, 2.24) is 20.3 Å². The lowest BCUT2D eigenvalue weighted by atomic mass is 9.74. The average Bonchev–Trinajstić information content (AvgIpc) is 2.74. The van der Waals surface area contributed by atoms with Crippen LogP contribution in [0.25, 0.3) is 0 Å². The number of rotatable bonds is 5. The zero-order valence-electron chi connectivity index (χ0n) is 16.2. The van der Waals surface area contributed by atoms with Gasteiger partial charge in [0.1, 0.15) is 5.82 Å². The number of aryl methyl sites for hydroxylation is 1. The Morgan fingerprint density at radius 2 is 2.03 bits per heavy atom. The monoisotopic (exact) mass is 391 g/mol. The molecule has 0 spiro atoms. The molecule has 6 nitrogen and oxygen atoms in total. The summed E-state index contributed by atoms with van der Waals surface area (Å²) in [5.41, 5.74) is 2.63. The Bertz CT molecular complexity index is 1010. The van der Waals surface area contributed by atoms with E-state index in [9.17, 15) is 9.18 Å². The summed E-state index contributed by atoms with van der Waals surface area (Å²) in [6.45, 7) is 2.27. The molecule has 7 heteroatoms. The van der Waals surface area contributed by atoms with Gasteiger partial charge in [-0.15, -0.1) is 0 Å². The highest BCUT2D eigenvalue weighted by Crippen LogP contribution is 2.36. The maximum Gasteiger partial charge on any atom is 0.232 e. The molecule has 0 fully saturated rings. The van der Waals surface area contributed by atoms with Gasteiger partial charge in [-0.05, 0) is 61.6 Å². The van der Waals surface area contributed by atoms with E-state index in [4.69, 9.17) is 0 Å². The van der Waals surface area contributed by atoms with Crippen molar-refractivity contribution in [2.24, 2.45) is 0 Å². The smallest absolute Gasteiger partial charge is 0.232 e. The third-order valence-electron chi connectivity index (χ3n) is 5.30. The third-order valence-corrected chi connectivity index (χ3v) is 5.30. The highest BCUT2D eigenvalue weighted by molar-refractivity contribution is 5.88. The van der Waals surface area contributed by atoms with E-state index < -0.39 is 5.41 Å². The van der Waals surface area contributed by atoms with Crippen molar-refractivity contribution in [2.75, 3.05) is 5.32 Å². The van der Waals surface area contributed by atoms with Crippen LogP contribution in [0.2, 0.25) is 0 Å². The molecule has 1 aromatic carbocycles. The minimum absolute atomic E-state index is 0.0891. The fourth-order valence-corrected chi connectivity index (χ4v) is 3.65. The van der Waals surface area contributed by atoms with Crippen LogP contribution in [0.15, 0.2) is 55.0 Å². The second-order valence-corrected chi connectivity index (χ2v) is 7.43. The molecule has 2 heterocycles. The summed E-state index contributed by atoms with van der Waals surface area (Å²) >= 11 is 0. The van der Waals surface area contributed by atoms with Gasteiger partial charge in [0.05, 0.1) is 23.0 Å². The number of hydrogen-bond donors (Lipinski definition) is 2. The Balaban J connectivity index is 1.55. The van der Waals surface area contributed by atoms with Crippen molar-refractivity contribution in [3.63, 3.8) is 0 Å². The summed E-state index contributed by atoms with van der Waals surface area (Å²) in [4.78, 5) is 26.3. The highest BCUT2D eigenvalue weighted by Gasteiger charge is 2.40. The second kappa shape index (κ2) is 7.95. The molecule has 1 amide bonds. The molecule has 2 aromatic heterocycles. The van der Waals surface area contributed by atoms with E-state index in [0.717, 1.165) is 35.3 Å². The van der Waals surface area contributed by atoms with Crippen LogP contribution < -0.4 is 10.6 Å². The number of pyridine rings is 1. The summed E-state index contributed by atoms with van der Waals surface area (Å²) in [7, 11) is 0. The van der Waals surface area contributed by atoms with Gasteiger partial charge in [-0.1, -0.05) is 12.1 Å². The number of aromatic nitrogens is 3. The molecular weight excluding hydrogens is 369 g/mol. The lowest BCUT2D eigenvalue weighted by molar-refractivity contribution is -0.127. The summed E-state index contributed by atoms with van der Waals surface area (Å²) in [5.74, 6) is 0.0589. The quantitative estimate of drug-likeness (QED) is 0.694. The molecule has 4 rings (SSSR count). The van der Waals surface area contributed by atoms with Crippen LogP contribution >= 0.6 is 0 Å². The van der Waals surface area contributed by atoms with Crippen LogP contribution in [-0.2, 0) is 23.2 Å². The Morgan fingerprint density at radius 1 is 1.21 bits per heavy atom. The number of nitrogens with zero attached hydrogens (tertiary/aromatic N) is 3. The first-order valence-corrected chi connectivity index (χ1v) is 9.61. The molecule has 0 radical (unpaired) electrons. The highest BCUT2D eigenvalue weighted by atomic mass is 19.1. The fourth-order valence-electron chi connectivity index (χ4n) is 3.65. The first-order valence-electron chi connectivity index (χ1n) is 9.61. The zero-order valence-corrected chi connectivity index (χ0v) is 16.2. The maximum absolute atomic E-state index is 13.1. The number of halogens is 1. The van der Waals surface area contributed by atoms with Gasteiger partial charge in [-0.2, -0.15) is 0 Å². The molecule has 3 aromatic rings. The number of amides is 1. The fraction of sp³-hybridized carbons (Fsp3) is 0.273. The van der Waals surface area contributed by atoms with Crippen LogP contribution in [-0.4, -0.2) is 20.9 Å². The van der Waals surface area contributed by atoms with Gasteiger partial charge in [-0.25, -0.2) is 14.4 Å². The summed E-state index contributed by atoms with van der Waals surface area (Å²) in [5, 5.41) is 6.13. The number of nitrogens with one attached hydrogen (secondary N) is 2. The molecule has 1 aliphatic carbocycles. The SMILES string of the molecule is CC1(C(=O)NCc2ccc(F)cc2)CCCc2cnc(Nc3cccnc3)nc21. The topological polar surface area (TPSA) is 79.8 Å². The normalized spacial score (nSPS) is 18.0. The van der Waals surface area contributed by atoms with E-state index in [2.05, 4.69) is 25.6 Å². The average molecular weight is 391 g/mol. The molecule has 1 unspecified atom stereocenters. The van der Waals surface area contributed by atoms with E-state index in [0.29, 0.717) is 18.9 Å². The number of anilines is 2. The number of fused-ring (bicyclic) bond motifs is 1. The molecule has 0 saturated carbocycles. The van der Waals surface area contributed by atoms with Crippen LogP contribution in [0.4, 0.5) is 16.0 Å². The van der Waals surface area contributed by atoms with Crippen LogP contribution in [0.3, 0.4) is 0 Å². The molecule has 0 saturated heterocycles. The third kappa shape index (κ3) is 4.08. The van der Waals surface area contributed by atoms with Gasteiger partial charge >= 0.3 is 0 Å². The van der Waals surface area contributed by atoms with E-state index in [1.54, 1.807) is 30.7 Å². The molecule has 29 heavy (non-hydrogen) atoms. The van der Waals surface area contributed by atoms with Crippen molar-refractivity contribution < 1.29 is 9.18 Å². The zero-order chi connectivity index (χ0) is 20.3. The molecular formula is C22H22FN5O. The standard InChI is InChI=1S/C22H22FN5O/c1-22(20(29)25-12-15-6-8-17(23)9-7-15)10-2-4-16-13-26-21(28-19(16)22)27-18-5-3-11-24-14-18/h3,5-9,11,13-14H,2,4,10,12H2,1H3,(H,25,29)(H,26,27,28). The van der Waals surface area contributed by atoms with Gasteiger partial charge < -0.3 is 10.6 Å². The van der Waals surface area contributed by atoms with Crippen molar-refractivity contribution in [3.05, 3.63) is 77.6 Å². The Morgan fingerprint density at radius 3 is 2.79 bits per heavy atom. The van der Waals surface area contributed by atoms with Gasteiger partial charge in [0.2, 0.25) is 11.9 Å². The molecule has 1 atom stereocenters. The lowest BCUT2D eigenvalue weighted by Gasteiger charge is -2.33. The predicted octanol–water partition coefficient (Wildman–Crippen LogP) is 3.66. The molecule has 0 bridgehead atoms. The number of carbonyl (C=O) groups is 1. The van der Waals surface area contributed by atoms with Gasteiger partial charge in [0, 0.05) is 18.9 Å². The second-order valence-electron chi connectivity index (χ2n) is 7.43. The Labute approximate surface area is 168 Å². The van der Waals surface area contributed by atoms with E-state index >= 15 is 0 Å². The lowest BCUT2D eigenvalue weighted by Crippen LogP contribution is -2.45. The number of hydrogen-bond acceptors (Lipinski definition) is 5. The summed E-state index contributed by atoms with van der Waals surface area (Å²) < 4.78 is 13.1. The molecule has 2 N–H and O–H groups in total. The minimum atomic E-state index is -0.748. The van der Waals surface area contributed by atoms with Crippen LogP contribution in [0.5, 0.6) is 0 Å². The van der Waals surface area contributed by atoms with Crippen molar-refractivity contribution in [3.8, 4) is 0 Å². The van der Waals surface area contributed by atoms with E-state index in [-0.39, 0.29) is 11.7 Å². The molecule has 1 aliphatic rings. The number of benzene rings is 1.